The molecule has 1 nitrogen and oxygen atoms in total. The molecule has 0 amide bonds. The molecule has 0 fully saturated rings. The van der Waals surface area contributed by atoms with Crippen LogP contribution in [0.2, 0.25) is 0 Å². The van der Waals surface area contributed by atoms with Crippen LogP contribution in [0.3, 0.4) is 0 Å². The minimum atomic E-state index is -0.260. The summed E-state index contributed by atoms with van der Waals surface area (Å²) in [5, 5.41) is 0. The summed E-state index contributed by atoms with van der Waals surface area (Å²) in [4.78, 5) is 0. The van der Waals surface area contributed by atoms with Crippen LogP contribution in [0.4, 0.5) is 0 Å². The van der Waals surface area contributed by atoms with E-state index in [1.807, 2.05) is 18.2 Å². The van der Waals surface area contributed by atoms with E-state index in [9.17, 15) is 0 Å². The van der Waals surface area contributed by atoms with Crippen LogP contribution in [-0.4, -0.2) is 5.75 Å². The first-order valence-electron chi connectivity index (χ1n) is 4.18. The molecule has 0 heterocycles. The molecule has 0 aliphatic rings. The van der Waals surface area contributed by atoms with Crippen LogP contribution in [0, 0.1) is 0 Å². The minimum absolute atomic E-state index is 0.260. The SMILES string of the molecule is CCC(N)(CS)c1ccccc1. The Hall–Kier alpha value is -0.470. The van der Waals surface area contributed by atoms with E-state index >= 15 is 0 Å². The van der Waals surface area contributed by atoms with E-state index in [0.29, 0.717) is 5.75 Å². The predicted molar refractivity (Wildman–Crippen MR) is 56.5 cm³/mol. The molecule has 0 bridgehead atoms. The summed E-state index contributed by atoms with van der Waals surface area (Å²) in [5.41, 5.74) is 7.05. The number of benzene rings is 1. The van der Waals surface area contributed by atoms with Gasteiger partial charge in [0.05, 0.1) is 0 Å². The van der Waals surface area contributed by atoms with Crippen molar-refractivity contribution in [2.24, 2.45) is 5.73 Å². The van der Waals surface area contributed by atoms with Gasteiger partial charge in [-0.25, -0.2) is 0 Å². The van der Waals surface area contributed by atoms with Gasteiger partial charge in [0.15, 0.2) is 0 Å². The second-order valence-electron chi connectivity index (χ2n) is 3.03. The fraction of sp³-hybridized carbons (Fsp3) is 0.400. The highest BCUT2D eigenvalue weighted by molar-refractivity contribution is 7.80. The maximum atomic E-state index is 6.14. The predicted octanol–water partition coefficient (Wildman–Crippen LogP) is 2.18. The lowest BCUT2D eigenvalue weighted by atomic mass is 9.90. The maximum Gasteiger partial charge on any atom is 0.0496 e. The highest BCUT2D eigenvalue weighted by Gasteiger charge is 2.22. The number of rotatable bonds is 3. The average molecular weight is 181 g/mol. The van der Waals surface area contributed by atoms with E-state index in [1.54, 1.807) is 0 Å². The second-order valence-corrected chi connectivity index (χ2v) is 3.35. The zero-order valence-corrected chi connectivity index (χ0v) is 8.22. The first-order chi connectivity index (χ1) is 5.73. The van der Waals surface area contributed by atoms with Crippen molar-refractivity contribution in [3.8, 4) is 0 Å². The summed E-state index contributed by atoms with van der Waals surface area (Å²) in [6, 6.07) is 10.1. The van der Waals surface area contributed by atoms with Crippen molar-refractivity contribution in [1.82, 2.24) is 0 Å². The van der Waals surface area contributed by atoms with Crippen molar-refractivity contribution in [3.05, 3.63) is 35.9 Å². The number of nitrogens with two attached hydrogens (primary N) is 1. The summed E-state index contributed by atoms with van der Waals surface area (Å²) in [6.45, 7) is 2.09. The van der Waals surface area contributed by atoms with Crippen LogP contribution in [0.5, 0.6) is 0 Å². The summed E-state index contributed by atoms with van der Waals surface area (Å²) in [7, 11) is 0. The van der Waals surface area contributed by atoms with Gasteiger partial charge in [0.2, 0.25) is 0 Å². The Bertz CT molecular complexity index is 229. The Labute approximate surface area is 79.4 Å². The quantitative estimate of drug-likeness (QED) is 0.687. The minimum Gasteiger partial charge on any atom is -0.321 e. The second kappa shape index (κ2) is 3.97. The average Bonchev–Trinajstić information content (AvgIpc) is 2.18. The molecule has 0 aromatic heterocycles. The van der Waals surface area contributed by atoms with E-state index in [4.69, 9.17) is 5.73 Å². The highest BCUT2D eigenvalue weighted by atomic mass is 32.1. The van der Waals surface area contributed by atoms with Gasteiger partial charge in [-0.2, -0.15) is 12.6 Å². The maximum absolute atomic E-state index is 6.14. The first kappa shape index (κ1) is 9.62. The van der Waals surface area contributed by atoms with Gasteiger partial charge in [-0.1, -0.05) is 37.3 Å². The molecule has 0 spiro atoms. The van der Waals surface area contributed by atoms with Gasteiger partial charge >= 0.3 is 0 Å². The molecule has 2 heteroatoms. The van der Waals surface area contributed by atoms with Crippen LogP contribution in [0.15, 0.2) is 30.3 Å². The molecule has 66 valence electrons. The summed E-state index contributed by atoms with van der Waals surface area (Å²) >= 11 is 4.27. The van der Waals surface area contributed by atoms with Crippen LogP contribution in [0.25, 0.3) is 0 Å². The van der Waals surface area contributed by atoms with Gasteiger partial charge in [-0.3, -0.25) is 0 Å². The summed E-state index contributed by atoms with van der Waals surface area (Å²) in [6.07, 6.45) is 0.917. The zero-order chi connectivity index (χ0) is 9.03. The monoisotopic (exact) mass is 181 g/mol. The molecule has 1 atom stereocenters. The molecule has 1 unspecified atom stereocenters. The van der Waals surface area contributed by atoms with Crippen molar-refractivity contribution in [2.75, 3.05) is 5.75 Å². The number of hydrogen-bond acceptors (Lipinski definition) is 2. The van der Waals surface area contributed by atoms with Gasteiger partial charge in [-0.15, -0.1) is 0 Å². The molecule has 1 aromatic carbocycles. The molecule has 1 aromatic rings. The van der Waals surface area contributed by atoms with E-state index < -0.39 is 0 Å². The standard InChI is InChI=1S/C10H15NS/c1-2-10(11,8-12)9-6-4-3-5-7-9/h3-7,12H,2,8,11H2,1H3. The normalized spacial score (nSPS) is 15.6. The molecular formula is C10H15NS. The lowest BCUT2D eigenvalue weighted by Gasteiger charge is -2.26. The molecule has 1 rings (SSSR count). The first-order valence-corrected chi connectivity index (χ1v) is 4.81. The van der Waals surface area contributed by atoms with E-state index in [-0.39, 0.29) is 5.54 Å². The van der Waals surface area contributed by atoms with Gasteiger partial charge in [0.1, 0.15) is 0 Å². The van der Waals surface area contributed by atoms with Crippen molar-refractivity contribution >= 4 is 12.6 Å². The van der Waals surface area contributed by atoms with Crippen LogP contribution >= 0.6 is 12.6 Å². The largest absolute Gasteiger partial charge is 0.321 e. The Morgan fingerprint density at radius 3 is 2.33 bits per heavy atom. The molecule has 2 N–H and O–H groups in total. The van der Waals surface area contributed by atoms with Crippen molar-refractivity contribution in [3.63, 3.8) is 0 Å². The van der Waals surface area contributed by atoms with Crippen molar-refractivity contribution in [2.45, 2.75) is 18.9 Å². The van der Waals surface area contributed by atoms with Gasteiger partial charge in [0, 0.05) is 11.3 Å². The Kier molecular flexibility index (Phi) is 3.18. The molecule has 12 heavy (non-hydrogen) atoms. The molecular weight excluding hydrogens is 166 g/mol. The van der Waals surface area contributed by atoms with Crippen LogP contribution in [-0.2, 0) is 5.54 Å². The third kappa shape index (κ3) is 1.82. The third-order valence-electron chi connectivity index (χ3n) is 2.26. The number of thiol groups is 1. The summed E-state index contributed by atoms with van der Waals surface area (Å²) in [5.74, 6) is 0.688. The fourth-order valence-electron chi connectivity index (χ4n) is 1.18. The Balaban J connectivity index is 2.95. The van der Waals surface area contributed by atoms with Gasteiger partial charge in [0.25, 0.3) is 0 Å². The molecule has 0 aliphatic carbocycles. The van der Waals surface area contributed by atoms with Crippen LogP contribution in [0.1, 0.15) is 18.9 Å². The van der Waals surface area contributed by atoms with E-state index in [1.165, 1.54) is 5.56 Å². The lowest BCUT2D eigenvalue weighted by Crippen LogP contribution is -2.37. The lowest BCUT2D eigenvalue weighted by molar-refractivity contribution is 0.487. The van der Waals surface area contributed by atoms with Crippen molar-refractivity contribution < 1.29 is 0 Å². The van der Waals surface area contributed by atoms with Crippen LogP contribution < -0.4 is 5.73 Å². The summed E-state index contributed by atoms with van der Waals surface area (Å²) < 4.78 is 0. The Morgan fingerprint density at radius 2 is 1.92 bits per heavy atom. The third-order valence-corrected chi connectivity index (χ3v) is 2.83. The van der Waals surface area contributed by atoms with Crippen molar-refractivity contribution in [1.29, 1.82) is 0 Å². The van der Waals surface area contributed by atoms with Gasteiger partial charge < -0.3 is 5.73 Å². The van der Waals surface area contributed by atoms with E-state index in [2.05, 4.69) is 31.7 Å². The molecule has 0 saturated carbocycles. The molecule has 0 aliphatic heterocycles. The number of hydrogen-bond donors (Lipinski definition) is 2. The molecule has 0 radical (unpaired) electrons. The molecule has 0 saturated heterocycles. The van der Waals surface area contributed by atoms with E-state index in [0.717, 1.165) is 6.42 Å². The zero-order valence-electron chi connectivity index (χ0n) is 7.33. The topological polar surface area (TPSA) is 26.0 Å². The highest BCUT2D eigenvalue weighted by Crippen LogP contribution is 2.22. The van der Waals surface area contributed by atoms with Gasteiger partial charge in [-0.05, 0) is 12.0 Å². The Morgan fingerprint density at radius 1 is 1.33 bits per heavy atom. The fourth-order valence-corrected chi connectivity index (χ4v) is 1.58. The smallest absolute Gasteiger partial charge is 0.0496 e.